The van der Waals surface area contributed by atoms with Crippen molar-refractivity contribution in [3.05, 3.63) is 30.3 Å². The van der Waals surface area contributed by atoms with Crippen molar-refractivity contribution in [3.63, 3.8) is 0 Å². The lowest BCUT2D eigenvalue weighted by atomic mass is 10.1. The van der Waals surface area contributed by atoms with E-state index < -0.39 is 0 Å². The number of nitrogens with zero attached hydrogens (tertiary/aromatic N) is 2. The monoisotopic (exact) mass is 291 g/mol. The first-order chi connectivity index (χ1) is 10.2. The van der Waals surface area contributed by atoms with Crippen molar-refractivity contribution in [2.24, 2.45) is 11.7 Å². The summed E-state index contributed by atoms with van der Waals surface area (Å²) in [5.41, 5.74) is 5.68. The largest absolute Gasteiger partial charge is 0.415 e. The molecule has 1 saturated heterocycles. The van der Waals surface area contributed by atoms with Crippen molar-refractivity contribution < 1.29 is 9.53 Å². The summed E-state index contributed by atoms with van der Waals surface area (Å²) in [7, 11) is 0. The van der Waals surface area contributed by atoms with Gasteiger partial charge in [0.15, 0.2) is 0 Å². The molecule has 0 saturated carbocycles. The number of benzene rings is 1. The van der Waals surface area contributed by atoms with Gasteiger partial charge in [0.2, 0.25) is 0 Å². The number of hydrogen-bond acceptors (Lipinski definition) is 4. The van der Waals surface area contributed by atoms with Gasteiger partial charge in [0.1, 0.15) is 5.75 Å². The predicted octanol–water partition coefficient (Wildman–Crippen LogP) is 1.79. The SMILES string of the molecule is CC(CN)CN1CCCN(C(=O)Oc2ccccc2)CC1. The Bertz CT molecular complexity index is 438. The number of carbonyl (C=O) groups is 1. The molecule has 1 aromatic carbocycles. The van der Waals surface area contributed by atoms with Gasteiger partial charge in [-0.3, -0.25) is 0 Å². The molecule has 0 spiro atoms. The van der Waals surface area contributed by atoms with E-state index in [1.54, 1.807) is 17.0 Å². The Hall–Kier alpha value is -1.59. The standard InChI is InChI=1S/C16H25N3O2/c1-14(12-17)13-18-8-5-9-19(11-10-18)16(20)21-15-6-3-2-4-7-15/h2-4,6-7,14H,5,8-13,17H2,1H3. The Labute approximate surface area is 126 Å². The summed E-state index contributed by atoms with van der Waals surface area (Å²) in [4.78, 5) is 16.3. The molecule has 1 fully saturated rings. The zero-order valence-electron chi connectivity index (χ0n) is 12.7. The van der Waals surface area contributed by atoms with Gasteiger partial charge in [-0.1, -0.05) is 25.1 Å². The summed E-state index contributed by atoms with van der Waals surface area (Å²) in [5, 5.41) is 0. The molecule has 1 unspecified atom stereocenters. The summed E-state index contributed by atoms with van der Waals surface area (Å²) >= 11 is 0. The van der Waals surface area contributed by atoms with Crippen molar-refractivity contribution in [1.29, 1.82) is 0 Å². The molecule has 5 nitrogen and oxygen atoms in total. The first kappa shape index (κ1) is 15.8. The second-order valence-electron chi connectivity index (χ2n) is 5.66. The maximum Gasteiger partial charge on any atom is 0.415 e. The van der Waals surface area contributed by atoms with Crippen LogP contribution < -0.4 is 10.5 Å². The van der Waals surface area contributed by atoms with Crippen molar-refractivity contribution in [1.82, 2.24) is 9.80 Å². The van der Waals surface area contributed by atoms with E-state index in [-0.39, 0.29) is 6.09 Å². The van der Waals surface area contributed by atoms with Gasteiger partial charge in [0.25, 0.3) is 0 Å². The van der Waals surface area contributed by atoms with Gasteiger partial charge in [-0.15, -0.1) is 0 Å². The minimum absolute atomic E-state index is 0.255. The average molecular weight is 291 g/mol. The van der Waals surface area contributed by atoms with Gasteiger partial charge in [0, 0.05) is 26.2 Å². The lowest BCUT2D eigenvalue weighted by Gasteiger charge is -2.23. The first-order valence-electron chi connectivity index (χ1n) is 7.63. The van der Waals surface area contributed by atoms with Gasteiger partial charge < -0.3 is 20.3 Å². The van der Waals surface area contributed by atoms with Crippen molar-refractivity contribution in [2.45, 2.75) is 13.3 Å². The van der Waals surface area contributed by atoms with Crippen LogP contribution >= 0.6 is 0 Å². The smallest absolute Gasteiger partial charge is 0.410 e. The van der Waals surface area contributed by atoms with E-state index in [9.17, 15) is 4.79 Å². The first-order valence-corrected chi connectivity index (χ1v) is 7.63. The fraction of sp³-hybridized carbons (Fsp3) is 0.562. The highest BCUT2D eigenvalue weighted by Gasteiger charge is 2.21. The van der Waals surface area contributed by atoms with E-state index in [1.807, 2.05) is 18.2 Å². The molecule has 21 heavy (non-hydrogen) atoms. The molecule has 1 aliphatic heterocycles. The fourth-order valence-corrected chi connectivity index (χ4v) is 2.51. The third-order valence-electron chi connectivity index (χ3n) is 3.77. The van der Waals surface area contributed by atoms with Crippen LogP contribution in [0.5, 0.6) is 5.75 Å². The van der Waals surface area contributed by atoms with E-state index >= 15 is 0 Å². The maximum absolute atomic E-state index is 12.2. The van der Waals surface area contributed by atoms with Gasteiger partial charge in [-0.25, -0.2) is 4.79 Å². The minimum atomic E-state index is -0.255. The van der Waals surface area contributed by atoms with Crippen LogP contribution in [0.4, 0.5) is 4.79 Å². The van der Waals surface area contributed by atoms with Crippen LogP contribution in [0.1, 0.15) is 13.3 Å². The summed E-state index contributed by atoms with van der Waals surface area (Å²) in [6, 6.07) is 9.22. The number of ether oxygens (including phenoxy) is 1. The van der Waals surface area contributed by atoms with Crippen molar-refractivity contribution in [2.75, 3.05) is 39.3 Å². The fourth-order valence-electron chi connectivity index (χ4n) is 2.51. The summed E-state index contributed by atoms with van der Waals surface area (Å²) in [6.45, 7) is 7.22. The molecule has 0 radical (unpaired) electrons. The Morgan fingerprint density at radius 3 is 2.71 bits per heavy atom. The van der Waals surface area contributed by atoms with Crippen LogP contribution in [-0.2, 0) is 0 Å². The van der Waals surface area contributed by atoms with E-state index in [0.29, 0.717) is 24.8 Å². The number of hydrogen-bond donors (Lipinski definition) is 1. The molecule has 2 N–H and O–H groups in total. The average Bonchev–Trinajstić information content (AvgIpc) is 2.74. The van der Waals surface area contributed by atoms with Gasteiger partial charge in [0.05, 0.1) is 0 Å². The van der Waals surface area contributed by atoms with Crippen LogP contribution in [0.3, 0.4) is 0 Å². The highest BCUT2D eigenvalue weighted by Crippen LogP contribution is 2.12. The van der Waals surface area contributed by atoms with Crippen LogP contribution in [0, 0.1) is 5.92 Å². The van der Waals surface area contributed by atoms with E-state index in [2.05, 4.69) is 11.8 Å². The molecule has 0 bridgehead atoms. The zero-order valence-corrected chi connectivity index (χ0v) is 12.7. The molecule has 0 aliphatic carbocycles. The molecule has 1 aromatic rings. The highest BCUT2D eigenvalue weighted by atomic mass is 16.6. The number of para-hydroxylation sites is 1. The lowest BCUT2D eigenvalue weighted by Crippen LogP contribution is -2.38. The number of carbonyl (C=O) groups excluding carboxylic acids is 1. The van der Waals surface area contributed by atoms with Gasteiger partial charge >= 0.3 is 6.09 Å². The van der Waals surface area contributed by atoms with Crippen molar-refractivity contribution in [3.8, 4) is 5.75 Å². The molecule has 116 valence electrons. The quantitative estimate of drug-likeness (QED) is 0.919. The minimum Gasteiger partial charge on any atom is -0.410 e. The summed E-state index contributed by atoms with van der Waals surface area (Å²) < 4.78 is 5.40. The third kappa shape index (κ3) is 5.02. The molecule has 1 amide bonds. The number of nitrogens with two attached hydrogens (primary N) is 1. The maximum atomic E-state index is 12.2. The molecular weight excluding hydrogens is 266 g/mol. The van der Waals surface area contributed by atoms with Crippen LogP contribution in [-0.4, -0.2) is 55.2 Å². The predicted molar refractivity (Wildman–Crippen MR) is 83.3 cm³/mol. The second kappa shape index (κ2) is 8.00. The van der Waals surface area contributed by atoms with Crippen LogP contribution in [0.25, 0.3) is 0 Å². The van der Waals surface area contributed by atoms with Gasteiger partial charge in [-0.2, -0.15) is 0 Å². The molecule has 1 heterocycles. The molecule has 0 aromatic heterocycles. The second-order valence-corrected chi connectivity index (χ2v) is 5.66. The van der Waals surface area contributed by atoms with E-state index in [4.69, 9.17) is 10.5 Å². The topological polar surface area (TPSA) is 58.8 Å². The third-order valence-corrected chi connectivity index (χ3v) is 3.77. The molecular formula is C16H25N3O2. The number of rotatable bonds is 4. The Balaban J connectivity index is 1.83. The van der Waals surface area contributed by atoms with Crippen molar-refractivity contribution >= 4 is 6.09 Å². The molecule has 5 heteroatoms. The summed E-state index contributed by atoms with van der Waals surface area (Å²) in [5.74, 6) is 1.09. The Kier molecular flexibility index (Phi) is 6.02. The van der Waals surface area contributed by atoms with Crippen LogP contribution in [0.15, 0.2) is 30.3 Å². The highest BCUT2D eigenvalue weighted by molar-refractivity contribution is 5.70. The van der Waals surface area contributed by atoms with Gasteiger partial charge in [-0.05, 0) is 37.6 Å². The zero-order chi connectivity index (χ0) is 15.1. The van der Waals surface area contributed by atoms with E-state index in [0.717, 1.165) is 32.6 Å². The Morgan fingerprint density at radius 2 is 2.00 bits per heavy atom. The van der Waals surface area contributed by atoms with Crippen LogP contribution in [0.2, 0.25) is 0 Å². The molecule has 2 rings (SSSR count). The molecule has 1 aliphatic rings. The van der Waals surface area contributed by atoms with E-state index in [1.165, 1.54) is 0 Å². The summed E-state index contributed by atoms with van der Waals surface area (Å²) in [6.07, 6.45) is 0.719. The normalized spacial score (nSPS) is 18.1. The Morgan fingerprint density at radius 1 is 1.24 bits per heavy atom. The number of amides is 1. The lowest BCUT2D eigenvalue weighted by molar-refractivity contribution is 0.152. The molecule has 1 atom stereocenters.